The van der Waals surface area contributed by atoms with Crippen molar-refractivity contribution in [2.24, 2.45) is 0 Å². The van der Waals surface area contributed by atoms with Gasteiger partial charge < -0.3 is 19.9 Å². The molecule has 4 aromatic rings. The summed E-state index contributed by atoms with van der Waals surface area (Å²) in [5.41, 5.74) is 6.87. The molecule has 1 saturated heterocycles. The van der Waals surface area contributed by atoms with Crippen molar-refractivity contribution in [3.05, 3.63) is 120 Å². The maximum atomic E-state index is 6.04. The van der Waals surface area contributed by atoms with Gasteiger partial charge in [-0.15, -0.1) is 0 Å². The van der Waals surface area contributed by atoms with Crippen molar-refractivity contribution in [3.8, 4) is 11.5 Å². The minimum Gasteiger partial charge on any atom is -0.457 e. The number of ether oxygens (including phenoxy) is 1. The van der Waals surface area contributed by atoms with Crippen LogP contribution in [-0.4, -0.2) is 22.7 Å². The molecule has 3 aromatic carbocycles. The molecule has 196 valence electrons. The average molecular weight is 533 g/mol. The number of likely N-dealkylation sites (N-methyl/N-ethyl adjacent to an activating group) is 1. The zero-order valence-corrected chi connectivity index (χ0v) is 23.4. The van der Waals surface area contributed by atoms with Gasteiger partial charge in [0.05, 0.1) is 23.3 Å². The van der Waals surface area contributed by atoms with E-state index in [-0.39, 0.29) is 17.6 Å². The molecule has 5 nitrogen and oxygen atoms in total. The minimum absolute atomic E-state index is 0.0405. The highest BCUT2D eigenvalue weighted by Crippen LogP contribution is 2.45. The molecular formula is C33H32N4OS. The van der Waals surface area contributed by atoms with E-state index in [1.165, 1.54) is 22.4 Å². The first-order valence-electron chi connectivity index (χ1n) is 13.2. The van der Waals surface area contributed by atoms with E-state index in [4.69, 9.17) is 21.9 Å². The van der Waals surface area contributed by atoms with Gasteiger partial charge in [0, 0.05) is 30.2 Å². The van der Waals surface area contributed by atoms with Gasteiger partial charge in [0.15, 0.2) is 5.11 Å². The predicted octanol–water partition coefficient (Wildman–Crippen LogP) is 7.68. The molecule has 0 spiro atoms. The summed E-state index contributed by atoms with van der Waals surface area (Å²) >= 11 is 5.94. The van der Waals surface area contributed by atoms with Crippen LogP contribution in [0.3, 0.4) is 0 Å². The van der Waals surface area contributed by atoms with Gasteiger partial charge in [0.25, 0.3) is 0 Å². The lowest BCUT2D eigenvalue weighted by Gasteiger charge is -2.41. The Bertz CT molecular complexity index is 1530. The summed E-state index contributed by atoms with van der Waals surface area (Å²) in [5.74, 6) is 1.59. The second kappa shape index (κ2) is 9.86. The Hall–Kier alpha value is -4.16. The van der Waals surface area contributed by atoms with E-state index < -0.39 is 0 Å². The van der Waals surface area contributed by atoms with Crippen molar-refractivity contribution in [1.82, 2.24) is 10.3 Å². The van der Waals surface area contributed by atoms with Gasteiger partial charge in [0.1, 0.15) is 11.5 Å². The molecule has 0 saturated carbocycles. The third kappa shape index (κ3) is 4.66. The van der Waals surface area contributed by atoms with Crippen LogP contribution in [-0.2, 0) is 0 Å². The summed E-state index contributed by atoms with van der Waals surface area (Å²) in [5, 5.41) is 4.25. The molecule has 0 amide bonds. The highest BCUT2D eigenvalue weighted by Gasteiger charge is 2.41. The van der Waals surface area contributed by atoms with Crippen LogP contribution in [0.2, 0.25) is 0 Å². The lowest BCUT2D eigenvalue weighted by molar-refractivity contribution is 0.482. The topological polar surface area (TPSA) is 40.6 Å². The van der Waals surface area contributed by atoms with E-state index in [0.29, 0.717) is 5.11 Å². The molecule has 0 unspecified atom stereocenters. The van der Waals surface area contributed by atoms with Crippen LogP contribution < -0.4 is 19.9 Å². The Morgan fingerprint density at radius 2 is 1.62 bits per heavy atom. The highest BCUT2D eigenvalue weighted by molar-refractivity contribution is 7.80. The summed E-state index contributed by atoms with van der Waals surface area (Å²) < 4.78 is 6.04. The standard InChI is InChI=1S/C33H32N4OS/c1-22-21-33(2,3)36(4)29-18-13-23(20-27(22)29)31-30(28-12-8-9-19-34-28)35-32(39)37(31)24-14-16-26(17-15-24)38-25-10-6-5-7-11-25/h5-21,30-31H,1-4H3,(H,35,39)/t30-,31-/m1/s1. The van der Waals surface area contributed by atoms with Gasteiger partial charge >= 0.3 is 0 Å². The number of anilines is 2. The number of rotatable bonds is 5. The highest BCUT2D eigenvalue weighted by atomic mass is 32.1. The van der Waals surface area contributed by atoms with Crippen molar-refractivity contribution in [1.29, 1.82) is 0 Å². The lowest BCUT2D eigenvalue weighted by atomic mass is 9.86. The molecular weight excluding hydrogens is 500 g/mol. The SMILES string of the molecule is CC1=CC(C)(C)N(C)c2ccc([C@@H]3[C@@H](c4ccccn4)NC(=S)N3c3ccc(Oc4ccccc4)cc3)cc21. The van der Waals surface area contributed by atoms with E-state index in [2.05, 4.69) is 85.4 Å². The summed E-state index contributed by atoms with van der Waals surface area (Å²) in [7, 11) is 2.16. The molecule has 39 heavy (non-hydrogen) atoms. The summed E-state index contributed by atoms with van der Waals surface area (Å²) in [6, 6.07) is 30.6. The number of allylic oxidation sites excluding steroid dienone is 1. The van der Waals surface area contributed by atoms with Gasteiger partial charge in [-0.25, -0.2) is 0 Å². The van der Waals surface area contributed by atoms with Crippen molar-refractivity contribution < 1.29 is 4.74 Å². The largest absolute Gasteiger partial charge is 0.457 e. The Kier molecular flexibility index (Phi) is 6.35. The van der Waals surface area contributed by atoms with Crippen LogP contribution >= 0.6 is 12.2 Å². The van der Waals surface area contributed by atoms with E-state index in [9.17, 15) is 0 Å². The number of aromatic nitrogens is 1. The fourth-order valence-electron chi connectivity index (χ4n) is 5.63. The van der Waals surface area contributed by atoms with Crippen LogP contribution in [0.1, 0.15) is 49.7 Å². The molecule has 6 heteroatoms. The molecule has 0 radical (unpaired) electrons. The van der Waals surface area contributed by atoms with E-state index in [1.807, 2.05) is 60.8 Å². The van der Waals surface area contributed by atoms with Gasteiger partial charge in [-0.2, -0.15) is 0 Å². The normalized spacial score (nSPS) is 19.8. The maximum absolute atomic E-state index is 6.04. The molecule has 3 heterocycles. The number of hydrogen-bond donors (Lipinski definition) is 1. The molecule has 1 fully saturated rings. The second-order valence-corrected chi connectivity index (χ2v) is 11.1. The Morgan fingerprint density at radius 1 is 0.897 bits per heavy atom. The van der Waals surface area contributed by atoms with Gasteiger partial charge in [-0.05, 0) is 105 Å². The zero-order chi connectivity index (χ0) is 27.1. The average Bonchev–Trinajstić information content (AvgIpc) is 3.30. The second-order valence-electron chi connectivity index (χ2n) is 10.7. The van der Waals surface area contributed by atoms with Crippen LogP contribution in [0.4, 0.5) is 11.4 Å². The molecule has 2 aliphatic heterocycles. The van der Waals surface area contributed by atoms with Crippen LogP contribution in [0.5, 0.6) is 11.5 Å². The maximum Gasteiger partial charge on any atom is 0.174 e. The lowest BCUT2D eigenvalue weighted by Crippen LogP contribution is -2.42. The molecule has 0 bridgehead atoms. The fraction of sp³-hybridized carbons (Fsp3) is 0.212. The molecule has 0 aliphatic carbocycles. The number of para-hydroxylation sites is 1. The third-order valence-corrected chi connectivity index (χ3v) is 8.09. The summed E-state index contributed by atoms with van der Waals surface area (Å²) in [6.07, 6.45) is 4.18. The Balaban J connectivity index is 1.40. The first-order valence-corrected chi connectivity index (χ1v) is 13.6. The summed E-state index contributed by atoms with van der Waals surface area (Å²) in [6.45, 7) is 6.70. The third-order valence-electron chi connectivity index (χ3n) is 7.77. The zero-order valence-electron chi connectivity index (χ0n) is 22.6. The number of fused-ring (bicyclic) bond motifs is 1. The van der Waals surface area contributed by atoms with E-state index in [1.54, 1.807) is 0 Å². The fourth-order valence-corrected chi connectivity index (χ4v) is 5.98. The van der Waals surface area contributed by atoms with Crippen molar-refractivity contribution >= 4 is 34.3 Å². The number of pyridine rings is 1. The smallest absolute Gasteiger partial charge is 0.174 e. The van der Waals surface area contributed by atoms with Crippen molar-refractivity contribution in [2.45, 2.75) is 38.4 Å². The molecule has 2 aliphatic rings. The number of hydrogen-bond acceptors (Lipinski definition) is 4. The number of nitrogens with one attached hydrogen (secondary N) is 1. The molecule has 1 N–H and O–H groups in total. The van der Waals surface area contributed by atoms with Crippen LogP contribution in [0, 0.1) is 0 Å². The van der Waals surface area contributed by atoms with Crippen molar-refractivity contribution in [2.75, 3.05) is 16.8 Å². The summed E-state index contributed by atoms with van der Waals surface area (Å²) in [4.78, 5) is 9.26. The quantitative estimate of drug-likeness (QED) is 0.266. The predicted molar refractivity (Wildman–Crippen MR) is 163 cm³/mol. The monoisotopic (exact) mass is 532 g/mol. The van der Waals surface area contributed by atoms with E-state index in [0.717, 1.165) is 22.9 Å². The molecule has 6 rings (SSSR count). The van der Waals surface area contributed by atoms with Gasteiger partial charge in [-0.3, -0.25) is 4.98 Å². The van der Waals surface area contributed by atoms with Gasteiger partial charge in [0.2, 0.25) is 0 Å². The Morgan fingerprint density at radius 3 is 2.33 bits per heavy atom. The van der Waals surface area contributed by atoms with Gasteiger partial charge in [-0.1, -0.05) is 36.4 Å². The number of nitrogens with zero attached hydrogens (tertiary/aromatic N) is 3. The first-order chi connectivity index (χ1) is 18.8. The van der Waals surface area contributed by atoms with Crippen molar-refractivity contribution in [3.63, 3.8) is 0 Å². The molecule has 2 atom stereocenters. The number of benzene rings is 3. The van der Waals surface area contributed by atoms with Crippen LogP contribution in [0.15, 0.2) is 103 Å². The number of thiocarbonyl (C=S) groups is 1. The minimum atomic E-state index is -0.0981. The van der Waals surface area contributed by atoms with E-state index >= 15 is 0 Å². The molecule has 1 aromatic heterocycles. The van der Waals surface area contributed by atoms with Crippen LogP contribution in [0.25, 0.3) is 5.57 Å². The Labute approximate surface area is 235 Å². The first kappa shape index (κ1) is 25.1.